The van der Waals surface area contributed by atoms with Gasteiger partial charge in [-0.05, 0) is 19.8 Å². The smallest absolute Gasteiger partial charge is 0.288 e. The van der Waals surface area contributed by atoms with E-state index in [2.05, 4.69) is 11.1 Å². The van der Waals surface area contributed by atoms with Crippen molar-refractivity contribution in [3.8, 4) is 6.07 Å². The Morgan fingerprint density at radius 1 is 1.55 bits per heavy atom. The SMILES string of the molecule is Cc1ncc([N+](=O)[O-])cc1C(=O)N1CCC(C#N)CC1. The van der Waals surface area contributed by atoms with Gasteiger partial charge in [0.1, 0.15) is 6.20 Å². The topological polar surface area (TPSA) is 100 Å². The van der Waals surface area contributed by atoms with Gasteiger partial charge in [-0.1, -0.05) is 0 Å². The first-order valence-electron chi connectivity index (χ1n) is 6.33. The monoisotopic (exact) mass is 274 g/mol. The Morgan fingerprint density at radius 2 is 2.20 bits per heavy atom. The molecule has 0 radical (unpaired) electrons. The van der Waals surface area contributed by atoms with Crippen molar-refractivity contribution in [1.29, 1.82) is 5.26 Å². The number of piperidine rings is 1. The van der Waals surface area contributed by atoms with E-state index in [1.807, 2.05) is 0 Å². The number of rotatable bonds is 2. The van der Waals surface area contributed by atoms with E-state index in [-0.39, 0.29) is 23.1 Å². The number of aryl methyl sites for hydroxylation is 1. The molecule has 2 heterocycles. The average Bonchev–Trinajstić information content (AvgIpc) is 2.47. The zero-order valence-corrected chi connectivity index (χ0v) is 11.1. The highest BCUT2D eigenvalue weighted by Gasteiger charge is 2.25. The van der Waals surface area contributed by atoms with Crippen molar-refractivity contribution in [2.75, 3.05) is 13.1 Å². The largest absolute Gasteiger partial charge is 0.338 e. The van der Waals surface area contributed by atoms with Crippen LogP contribution < -0.4 is 0 Å². The van der Waals surface area contributed by atoms with Gasteiger partial charge in [0.05, 0.1) is 22.2 Å². The number of likely N-dealkylation sites (tertiary alicyclic amines) is 1. The molecule has 0 N–H and O–H groups in total. The lowest BCUT2D eigenvalue weighted by Gasteiger charge is -2.29. The summed E-state index contributed by atoms with van der Waals surface area (Å²) in [6.45, 7) is 2.65. The molecule has 0 atom stereocenters. The summed E-state index contributed by atoms with van der Waals surface area (Å²) in [5.41, 5.74) is 0.545. The minimum atomic E-state index is -0.564. The molecule has 1 amide bonds. The molecular formula is C13H14N4O3. The highest BCUT2D eigenvalue weighted by Crippen LogP contribution is 2.21. The Kier molecular flexibility index (Phi) is 3.94. The van der Waals surface area contributed by atoms with Crippen LogP contribution in [0.2, 0.25) is 0 Å². The first kappa shape index (κ1) is 13.9. The molecule has 0 aromatic carbocycles. The second-order valence-electron chi connectivity index (χ2n) is 4.78. The van der Waals surface area contributed by atoms with Crippen molar-refractivity contribution in [2.45, 2.75) is 19.8 Å². The first-order chi connectivity index (χ1) is 9.52. The summed E-state index contributed by atoms with van der Waals surface area (Å²) < 4.78 is 0. The molecule has 104 valence electrons. The molecule has 0 spiro atoms. The van der Waals surface area contributed by atoms with E-state index in [0.717, 1.165) is 6.20 Å². The van der Waals surface area contributed by atoms with Gasteiger partial charge in [-0.25, -0.2) is 0 Å². The number of amides is 1. The van der Waals surface area contributed by atoms with E-state index < -0.39 is 4.92 Å². The van der Waals surface area contributed by atoms with Gasteiger partial charge in [0.25, 0.3) is 11.6 Å². The van der Waals surface area contributed by atoms with Crippen LogP contribution in [-0.4, -0.2) is 33.8 Å². The lowest BCUT2D eigenvalue weighted by Crippen LogP contribution is -2.38. The van der Waals surface area contributed by atoms with Gasteiger partial charge in [-0.3, -0.25) is 19.9 Å². The minimum Gasteiger partial charge on any atom is -0.338 e. The van der Waals surface area contributed by atoms with Crippen LogP contribution in [0.4, 0.5) is 5.69 Å². The molecule has 0 saturated carbocycles. The first-order valence-corrected chi connectivity index (χ1v) is 6.33. The summed E-state index contributed by atoms with van der Waals surface area (Å²) in [4.78, 5) is 28.1. The van der Waals surface area contributed by atoms with Crippen LogP contribution in [0.3, 0.4) is 0 Å². The fraction of sp³-hybridized carbons (Fsp3) is 0.462. The Labute approximate surface area is 116 Å². The van der Waals surface area contributed by atoms with Gasteiger partial charge in [0.15, 0.2) is 0 Å². The number of aromatic nitrogens is 1. The van der Waals surface area contributed by atoms with Gasteiger partial charge in [-0.15, -0.1) is 0 Å². The number of carbonyl (C=O) groups is 1. The van der Waals surface area contributed by atoms with E-state index in [1.165, 1.54) is 6.07 Å². The van der Waals surface area contributed by atoms with Gasteiger partial charge in [0, 0.05) is 25.1 Å². The minimum absolute atomic E-state index is 0.0108. The maximum atomic E-state index is 12.4. The third kappa shape index (κ3) is 2.74. The number of nitro groups is 1. The maximum absolute atomic E-state index is 12.4. The Bertz CT molecular complexity index is 586. The summed E-state index contributed by atoms with van der Waals surface area (Å²) in [7, 11) is 0. The number of carbonyl (C=O) groups excluding carboxylic acids is 1. The van der Waals surface area contributed by atoms with E-state index in [1.54, 1.807) is 11.8 Å². The summed E-state index contributed by atoms with van der Waals surface area (Å²) in [6, 6.07) is 3.46. The molecule has 0 unspecified atom stereocenters. The number of nitrogens with zero attached hydrogens (tertiary/aromatic N) is 4. The Morgan fingerprint density at radius 3 is 2.75 bits per heavy atom. The number of hydrogen-bond donors (Lipinski definition) is 0. The predicted octanol–water partition coefficient (Wildman–Crippen LogP) is 1.67. The fourth-order valence-electron chi connectivity index (χ4n) is 2.22. The molecule has 1 saturated heterocycles. The molecule has 20 heavy (non-hydrogen) atoms. The summed E-state index contributed by atoms with van der Waals surface area (Å²) in [6.07, 6.45) is 2.43. The van der Waals surface area contributed by atoms with Crippen molar-refractivity contribution in [2.24, 2.45) is 5.92 Å². The molecule has 0 bridgehead atoms. The lowest BCUT2D eigenvalue weighted by molar-refractivity contribution is -0.385. The third-order valence-corrected chi connectivity index (χ3v) is 3.48. The Balaban J connectivity index is 2.19. The summed E-state index contributed by atoms with van der Waals surface area (Å²) in [5, 5.41) is 19.6. The van der Waals surface area contributed by atoms with Crippen molar-refractivity contribution in [3.63, 3.8) is 0 Å². The van der Waals surface area contributed by atoms with E-state index in [0.29, 0.717) is 31.6 Å². The molecule has 7 nitrogen and oxygen atoms in total. The molecule has 1 aromatic rings. The van der Waals surface area contributed by atoms with Crippen LogP contribution in [-0.2, 0) is 0 Å². The molecule has 1 fully saturated rings. The van der Waals surface area contributed by atoms with Gasteiger partial charge < -0.3 is 4.90 Å². The second-order valence-corrected chi connectivity index (χ2v) is 4.78. The van der Waals surface area contributed by atoms with Crippen LogP contribution in [0.15, 0.2) is 12.3 Å². The predicted molar refractivity (Wildman–Crippen MR) is 69.9 cm³/mol. The van der Waals surface area contributed by atoms with Gasteiger partial charge >= 0.3 is 0 Å². The highest BCUT2D eigenvalue weighted by molar-refractivity contribution is 5.95. The Hall–Kier alpha value is -2.49. The van der Waals surface area contributed by atoms with E-state index in [4.69, 9.17) is 5.26 Å². The fourth-order valence-corrected chi connectivity index (χ4v) is 2.22. The summed E-state index contributed by atoms with van der Waals surface area (Å²) >= 11 is 0. The molecule has 7 heteroatoms. The van der Waals surface area contributed by atoms with Crippen LogP contribution in [0.25, 0.3) is 0 Å². The third-order valence-electron chi connectivity index (χ3n) is 3.48. The standard InChI is InChI=1S/C13H14N4O3/c1-9-12(6-11(8-15-9)17(19)20)13(18)16-4-2-10(7-14)3-5-16/h6,8,10H,2-5H2,1H3. The van der Waals surface area contributed by atoms with Crippen molar-refractivity contribution in [3.05, 3.63) is 33.6 Å². The molecular weight excluding hydrogens is 260 g/mol. The van der Waals surface area contributed by atoms with E-state index >= 15 is 0 Å². The quantitative estimate of drug-likeness (QED) is 0.603. The average molecular weight is 274 g/mol. The molecule has 1 aliphatic heterocycles. The van der Waals surface area contributed by atoms with Gasteiger partial charge in [0.2, 0.25) is 0 Å². The van der Waals surface area contributed by atoms with Crippen molar-refractivity contribution >= 4 is 11.6 Å². The number of hydrogen-bond acceptors (Lipinski definition) is 5. The zero-order valence-electron chi connectivity index (χ0n) is 11.1. The van der Waals surface area contributed by atoms with Crippen LogP contribution >= 0.6 is 0 Å². The maximum Gasteiger partial charge on any atom is 0.288 e. The van der Waals surface area contributed by atoms with E-state index in [9.17, 15) is 14.9 Å². The molecule has 1 aromatic heterocycles. The van der Waals surface area contributed by atoms with Crippen LogP contribution in [0.1, 0.15) is 28.9 Å². The molecule has 0 aliphatic carbocycles. The van der Waals surface area contributed by atoms with Gasteiger partial charge in [-0.2, -0.15) is 5.26 Å². The summed E-state index contributed by atoms with van der Waals surface area (Å²) in [5.74, 6) is -0.265. The van der Waals surface area contributed by atoms with Crippen molar-refractivity contribution < 1.29 is 9.72 Å². The normalized spacial score (nSPS) is 15.7. The lowest BCUT2D eigenvalue weighted by atomic mass is 9.98. The van der Waals surface area contributed by atoms with Crippen LogP contribution in [0.5, 0.6) is 0 Å². The van der Waals surface area contributed by atoms with Crippen LogP contribution in [0, 0.1) is 34.3 Å². The molecule has 2 rings (SSSR count). The zero-order chi connectivity index (χ0) is 14.7. The molecule has 1 aliphatic rings. The number of nitriles is 1. The highest BCUT2D eigenvalue weighted by atomic mass is 16.6. The van der Waals surface area contributed by atoms with Crippen molar-refractivity contribution in [1.82, 2.24) is 9.88 Å². The number of pyridine rings is 1. The second kappa shape index (κ2) is 5.65.